The van der Waals surface area contributed by atoms with Crippen LogP contribution in [0.5, 0.6) is 0 Å². The van der Waals surface area contributed by atoms with Crippen LogP contribution in [0.3, 0.4) is 0 Å². The Morgan fingerprint density at radius 3 is 2.61 bits per heavy atom. The van der Waals surface area contributed by atoms with Gasteiger partial charge in [-0.3, -0.25) is 9.59 Å². The van der Waals surface area contributed by atoms with Crippen molar-refractivity contribution in [3.8, 4) is 0 Å². The largest absolute Gasteiger partial charge is 0.378 e. The molecular weight excluding hydrogens is 504 g/mol. The summed E-state index contributed by atoms with van der Waals surface area (Å²) in [6, 6.07) is 8.76. The van der Waals surface area contributed by atoms with Crippen LogP contribution in [0.15, 0.2) is 36.4 Å². The lowest BCUT2D eigenvalue weighted by Gasteiger charge is -2.38. The molecule has 2 amide bonds. The summed E-state index contributed by atoms with van der Waals surface area (Å²) in [7, 11) is 0. The van der Waals surface area contributed by atoms with E-state index >= 15 is 4.39 Å². The number of hydrogen-bond acceptors (Lipinski definition) is 4. The molecule has 0 aliphatic carbocycles. The molecule has 2 saturated heterocycles. The van der Waals surface area contributed by atoms with Gasteiger partial charge in [-0.1, -0.05) is 62.2 Å². The number of rotatable bonds is 3. The van der Waals surface area contributed by atoms with E-state index in [2.05, 4.69) is 31.4 Å². The fraction of sp³-hybridized carbons (Fsp3) is 0.481. The molecule has 0 aromatic heterocycles. The molecule has 0 bridgehead atoms. The van der Waals surface area contributed by atoms with Crippen LogP contribution < -0.4 is 10.6 Å². The highest BCUT2D eigenvalue weighted by Gasteiger charge is 2.66. The van der Waals surface area contributed by atoms with Gasteiger partial charge in [-0.2, -0.15) is 0 Å². The molecule has 0 saturated carbocycles. The van der Waals surface area contributed by atoms with Crippen LogP contribution in [0.2, 0.25) is 10.0 Å². The average molecular weight is 534 g/mol. The molecule has 4 atom stereocenters. The van der Waals surface area contributed by atoms with E-state index in [0.29, 0.717) is 49.0 Å². The Bertz CT molecular complexity index is 1210. The lowest BCUT2D eigenvalue weighted by molar-refractivity contribution is -0.137. The summed E-state index contributed by atoms with van der Waals surface area (Å²) in [5, 5.41) is 6.95. The van der Waals surface area contributed by atoms with Crippen molar-refractivity contribution in [1.29, 1.82) is 0 Å². The van der Waals surface area contributed by atoms with Crippen molar-refractivity contribution in [3.05, 3.63) is 63.4 Å². The number of nitrogens with zero attached hydrogens (tertiary/aromatic N) is 1. The van der Waals surface area contributed by atoms with Gasteiger partial charge in [0.05, 0.1) is 24.3 Å². The lowest BCUT2D eigenvalue weighted by atomic mass is 9.62. The highest BCUT2D eigenvalue weighted by atomic mass is 35.5. The SMILES string of the molecule is CC(C)(C)CC1NC(C(=O)N2CCOCC2)C(c2cccc(Cl)c2F)C12C(=O)Nc1cc(Cl)ccc12. The van der Waals surface area contributed by atoms with Gasteiger partial charge in [0, 0.05) is 35.8 Å². The third-order valence-electron chi connectivity index (χ3n) is 7.53. The Morgan fingerprint density at radius 2 is 1.92 bits per heavy atom. The first kappa shape index (κ1) is 25.5. The maximum Gasteiger partial charge on any atom is 0.240 e. The molecule has 2 fully saturated rings. The van der Waals surface area contributed by atoms with Crippen molar-refractivity contribution < 1.29 is 18.7 Å². The molecule has 9 heteroatoms. The first-order valence-electron chi connectivity index (χ1n) is 12.2. The second kappa shape index (κ2) is 9.28. The van der Waals surface area contributed by atoms with Gasteiger partial charge in [0.2, 0.25) is 11.8 Å². The van der Waals surface area contributed by atoms with Gasteiger partial charge >= 0.3 is 0 Å². The normalized spacial score (nSPS) is 27.9. The third kappa shape index (κ3) is 4.10. The number of morpholine rings is 1. The topological polar surface area (TPSA) is 70.7 Å². The second-order valence-corrected chi connectivity index (χ2v) is 11.9. The Balaban J connectivity index is 1.75. The van der Waals surface area contributed by atoms with Gasteiger partial charge in [-0.05, 0) is 41.2 Å². The minimum Gasteiger partial charge on any atom is -0.378 e. The quantitative estimate of drug-likeness (QED) is 0.597. The Labute approximate surface area is 220 Å². The number of carbonyl (C=O) groups excluding carboxylic acids is 2. The number of amides is 2. The summed E-state index contributed by atoms with van der Waals surface area (Å²) in [4.78, 5) is 29.8. The minimum absolute atomic E-state index is 0.0470. The van der Waals surface area contributed by atoms with Crippen LogP contribution >= 0.6 is 23.2 Å². The molecule has 2 aromatic rings. The Morgan fingerprint density at radius 1 is 1.19 bits per heavy atom. The van der Waals surface area contributed by atoms with Crippen LogP contribution in [0, 0.1) is 11.2 Å². The second-order valence-electron chi connectivity index (χ2n) is 11.0. The molecule has 2 aromatic carbocycles. The van der Waals surface area contributed by atoms with Gasteiger partial charge in [0.25, 0.3) is 0 Å². The van der Waals surface area contributed by atoms with E-state index in [4.69, 9.17) is 27.9 Å². The van der Waals surface area contributed by atoms with Crippen molar-refractivity contribution in [3.63, 3.8) is 0 Å². The third-order valence-corrected chi connectivity index (χ3v) is 8.05. The van der Waals surface area contributed by atoms with E-state index in [0.717, 1.165) is 0 Å². The van der Waals surface area contributed by atoms with Gasteiger partial charge in [-0.15, -0.1) is 0 Å². The standard InChI is InChI=1S/C27H30Cl2FN3O3/c1-26(2,3)14-20-27(17-8-7-15(28)13-19(17)31-25(27)35)21(16-5-4-6-18(29)22(16)30)23(32-20)24(34)33-9-11-36-12-10-33/h4-8,13,20-21,23,32H,9-12,14H2,1-3H3,(H,31,35). The summed E-state index contributed by atoms with van der Waals surface area (Å²) in [5.41, 5.74) is 0.108. The number of carbonyl (C=O) groups is 2. The predicted molar refractivity (Wildman–Crippen MR) is 138 cm³/mol. The summed E-state index contributed by atoms with van der Waals surface area (Å²) >= 11 is 12.5. The van der Waals surface area contributed by atoms with Gasteiger partial charge in [-0.25, -0.2) is 4.39 Å². The first-order chi connectivity index (χ1) is 17.0. The highest BCUT2D eigenvalue weighted by molar-refractivity contribution is 6.31. The molecule has 3 heterocycles. The molecule has 3 aliphatic rings. The van der Waals surface area contributed by atoms with Gasteiger partial charge in [0.15, 0.2) is 0 Å². The summed E-state index contributed by atoms with van der Waals surface area (Å²) in [6.07, 6.45) is 0.577. The van der Waals surface area contributed by atoms with Crippen LogP contribution in [0.25, 0.3) is 0 Å². The van der Waals surface area contributed by atoms with E-state index in [9.17, 15) is 9.59 Å². The van der Waals surface area contributed by atoms with E-state index in [-0.39, 0.29) is 27.8 Å². The Hall–Kier alpha value is -2.19. The molecule has 192 valence electrons. The monoisotopic (exact) mass is 533 g/mol. The van der Waals surface area contributed by atoms with E-state index in [1.54, 1.807) is 29.2 Å². The van der Waals surface area contributed by atoms with E-state index in [1.807, 2.05) is 6.07 Å². The lowest BCUT2D eigenvalue weighted by Crippen LogP contribution is -2.51. The first-order valence-corrected chi connectivity index (χ1v) is 13.0. The fourth-order valence-electron chi connectivity index (χ4n) is 6.12. The number of fused-ring (bicyclic) bond motifs is 2. The number of nitrogens with one attached hydrogen (secondary N) is 2. The van der Waals surface area contributed by atoms with Crippen molar-refractivity contribution >= 4 is 40.7 Å². The molecule has 0 radical (unpaired) electrons. The molecule has 1 spiro atoms. The fourth-order valence-corrected chi connectivity index (χ4v) is 6.47. The zero-order valence-electron chi connectivity index (χ0n) is 20.5. The van der Waals surface area contributed by atoms with Crippen LogP contribution in [0.4, 0.5) is 10.1 Å². The molecule has 2 N–H and O–H groups in total. The van der Waals surface area contributed by atoms with Crippen molar-refractivity contribution in [2.24, 2.45) is 5.41 Å². The van der Waals surface area contributed by atoms with Crippen LogP contribution in [-0.4, -0.2) is 55.1 Å². The van der Waals surface area contributed by atoms with Gasteiger partial charge in [0.1, 0.15) is 11.2 Å². The number of halogens is 3. The molecule has 36 heavy (non-hydrogen) atoms. The molecular formula is C27H30Cl2FN3O3. The number of ether oxygens (including phenoxy) is 1. The molecule has 6 nitrogen and oxygen atoms in total. The van der Waals surface area contributed by atoms with Crippen LogP contribution in [0.1, 0.15) is 44.2 Å². The summed E-state index contributed by atoms with van der Waals surface area (Å²) in [6.45, 7) is 8.02. The van der Waals surface area contributed by atoms with Gasteiger partial charge < -0.3 is 20.3 Å². The smallest absolute Gasteiger partial charge is 0.240 e. The van der Waals surface area contributed by atoms with Crippen LogP contribution in [-0.2, 0) is 19.7 Å². The Kier molecular flexibility index (Phi) is 6.56. The number of anilines is 1. The average Bonchev–Trinajstić information content (AvgIpc) is 3.29. The van der Waals surface area contributed by atoms with E-state index < -0.39 is 29.2 Å². The van der Waals surface area contributed by atoms with Crippen molar-refractivity contribution in [2.75, 3.05) is 31.6 Å². The molecule has 3 aliphatic heterocycles. The maximum atomic E-state index is 15.7. The maximum absolute atomic E-state index is 15.7. The predicted octanol–water partition coefficient (Wildman–Crippen LogP) is 4.74. The highest BCUT2D eigenvalue weighted by Crippen LogP contribution is 2.57. The minimum atomic E-state index is -1.24. The zero-order chi connectivity index (χ0) is 25.8. The molecule has 4 unspecified atom stereocenters. The zero-order valence-corrected chi connectivity index (χ0v) is 22.0. The molecule has 5 rings (SSSR count). The summed E-state index contributed by atoms with van der Waals surface area (Å²) in [5.74, 6) is -1.89. The van der Waals surface area contributed by atoms with E-state index in [1.165, 1.54) is 6.07 Å². The number of benzene rings is 2. The number of hydrogen-bond donors (Lipinski definition) is 2. The summed E-state index contributed by atoms with van der Waals surface area (Å²) < 4.78 is 21.2. The van der Waals surface area contributed by atoms with Crippen molar-refractivity contribution in [2.45, 2.75) is 50.6 Å². The van der Waals surface area contributed by atoms with Crippen molar-refractivity contribution in [1.82, 2.24) is 10.2 Å².